The summed E-state index contributed by atoms with van der Waals surface area (Å²) in [7, 11) is 1.36. The maximum Gasteiger partial charge on any atom is 0.425 e. The van der Waals surface area contributed by atoms with Crippen LogP contribution in [0.15, 0.2) is 18.5 Å². The number of imide groups is 1. The fraction of sp³-hybridized carbons (Fsp3) is 0.526. The molecule has 0 saturated carbocycles. The number of hydrogen-bond acceptors (Lipinski definition) is 8. The third kappa shape index (κ3) is 5.50. The monoisotopic (exact) mass is 406 g/mol. The van der Waals surface area contributed by atoms with Crippen LogP contribution in [0.25, 0.3) is 5.65 Å². The van der Waals surface area contributed by atoms with E-state index < -0.39 is 29.2 Å². The topological polar surface area (TPSA) is 112 Å². The van der Waals surface area contributed by atoms with Gasteiger partial charge < -0.3 is 14.2 Å². The van der Waals surface area contributed by atoms with Gasteiger partial charge in [0.2, 0.25) is 0 Å². The molecule has 0 unspecified atom stereocenters. The van der Waals surface area contributed by atoms with Gasteiger partial charge in [-0.25, -0.2) is 19.1 Å². The lowest BCUT2D eigenvalue weighted by Gasteiger charge is -2.27. The van der Waals surface area contributed by atoms with Gasteiger partial charge in [0.25, 0.3) is 0 Å². The lowest BCUT2D eigenvalue weighted by molar-refractivity contribution is 0.0429. The number of ether oxygens (including phenoxy) is 3. The first-order chi connectivity index (χ1) is 13.3. The normalized spacial score (nSPS) is 12.0. The summed E-state index contributed by atoms with van der Waals surface area (Å²) in [6.07, 6.45) is 0.955. The highest BCUT2D eigenvalue weighted by molar-refractivity contribution is 6.16. The number of Topliss-reactive ketones (excluding diaryl/α,β-unsaturated/α-hetero) is 1. The second-order valence-electron chi connectivity index (χ2n) is 8.24. The van der Waals surface area contributed by atoms with E-state index in [9.17, 15) is 14.4 Å². The van der Waals surface area contributed by atoms with Crippen LogP contribution in [-0.2, 0) is 14.2 Å². The predicted octanol–water partition coefficient (Wildman–Crippen LogP) is 3.24. The zero-order valence-electron chi connectivity index (χ0n) is 17.7. The molecule has 10 heteroatoms. The Labute approximate surface area is 168 Å². The molecule has 0 N–H and O–H groups in total. The van der Waals surface area contributed by atoms with Gasteiger partial charge in [0.1, 0.15) is 23.4 Å². The smallest absolute Gasteiger partial charge is 0.425 e. The van der Waals surface area contributed by atoms with Gasteiger partial charge in [-0.1, -0.05) is 0 Å². The Morgan fingerprint density at radius 1 is 1.03 bits per heavy atom. The number of fused-ring (bicyclic) bond motifs is 1. The Hall–Kier alpha value is -3.01. The minimum Gasteiger partial charge on any atom is -0.443 e. The summed E-state index contributed by atoms with van der Waals surface area (Å²) in [5.74, 6) is -0.748. The van der Waals surface area contributed by atoms with Gasteiger partial charge in [-0.3, -0.25) is 4.79 Å². The average molecular weight is 406 g/mol. The van der Waals surface area contributed by atoms with Gasteiger partial charge in [0.15, 0.2) is 17.2 Å². The number of carbonyl (C=O) groups is 3. The molecule has 10 nitrogen and oxygen atoms in total. The minimum atomic E-state index is -1.03. The Kier molecular flexibility index (Phi) is 6.27. The zero-order chi connectivity index (χ0) is 22.0. The van der Waals surface area contributed by atoms with Crippen molar-refractivity contribution in [3.63, 3.8) is 0 Å². The number of amides is 2. The van der Waals surface area contributed by atoms with Gasteiger partial charge in [-0.05, 0) is 47.6 Å². The van der Waals surface area contributed by atoms with Gasteiger partial charge in [0.05, 0.1) is 0 Å². The summed E-state index contributed by atoms with van der Waals surface area (Å²) in [5, 5.41) is 4.22. The van der Waals surface area contributed by atoms with Crippen molar-refractivity contribution in [3.05, 3.63) is 24.0 Å². The highest BCUT2D eigenvalue weighted by Gasteiger charge is 2.38. The molecule has 0 saturated heterocycles. The number of aromatic nitrogens is 3. The van der Waals surface area contributed by atoms with Crippen molar-refractivity contribution in [2.24, 2.45) is 0 Å². The van der Waals surface area contributed by atoms with Crippen LogP contribution in [0, 0.1) is 0 Å². The molecule has 29 heavy (non-hydrogen) atoms. The van der Waals surface area contributed by atoms with E-state index in [2.05, 4.69) is 10.1 Å². The molecule has 0 atom stereocenters. The van der Waals surface area contributed by atoms with Crippen LogP contribution in [0.2, 0.25) is 0 Å². The van der Waals surface area contributed by atoms with Crippen molar-refractivity contribution in [1.29, 1.82) is 0 Å². The van der Waals surface area contributed by atoms with Crippen molar-refractivity contribution in [1.82, 2.24) is 14.6 Å². The predicted molar refractivity (Wildman–Crippen MR) is 104 cm³/mol. The molecule has 2 heterocycles. The Balaban J connectivity index is 2.67. The molecule has 2 amide bonds. The Bertz CT molecular complexity index is 895. The molecule has 0 bridgehead atoms. The standard InChI is InChI=1S/C19H26N4O6/c1-18(2,3)28-16(25)23(17(26)29-19(4,5)6)15-13(12(24)11-27-7)14-20-9-8-10-22(14)21-15/h8-10H,11H2,1-7H3. The summed E-state index contributed by atoms with van der Waals surface area (Å²) < 4.78 is 16.9. The van der Waals surface area contributed by atoms with Crippen molar-refractivity contribution < 1.29 is 28.6 Å². The molecule has 2 aromatic heterocycles. The van der Waals surface area contributed by atoms with Gasteiger partial charge in [0, 0.05) is 19.5 Å². The molecular weight excluding hydrogens is 380 g/mol. The third-order valence-corrected chi connectivity index (χ3v) is 3.30. The number of rotatable bonds is 4. The highest BCUT2D eigenvalue weighted by atomic mass is 16.6. The number of anilines is 1. The largest absolute Gasteiger partial charge is 0.443 e. The Morgan fingerprint density at radius 2 is 1.59 bits per heavy atom. The molecule has 0 fully saturated rings. The average Bonchev–Trinajstić information content (AvgIpc) is 2.90. The van der Waals surface area contributed by atoms with E-state index >= 15 is 0 Å². The molecule has 0 spiro atoms. The number of ketones is 1. The van der Waals surface area contributed by atoms with Gasteiger partial charge in [-0.15, -0.1) is 5.10 Å². The molecule has 0 aliphatic rings. The van der Waals surface area contributed by atoms with Crippen LogP contribution in [0.3, 0.4) is 0 Å². The fourth-order valence-corrected chi connectivity index (χ4v) is 2.35. The maximum atomic E-state index is 12.9. The molecule has 0 aliphatic carbocycles. The van der Waals surface area contributed by atoms with E-state index in [1.807, 2.05) is 0 Å². The van der Waals surface area contributed by atoms with Gasteiger partial charge >= 0.3 is 12.2 Å². The van der Waals surface area contributed by atoms with Crippen molar-refractivity contribution in [2.45, 2.75) is 52.7 Å². The third-order valence-electron chi connectivity index (χ3n) is 3.30. The van der Waals surface area contributed by atoms with E-state index in [4.69, 9.17) is 14.2 Å². The molecule has 0 aromatic carbocycles. The van der Waals surface area contributed by atoms with E-state index in [-0.39, 0.29) is 23.6 Å². The first-order valence-corrected chi connectivity index (χ1v) is 8.95. The van der Waals surface area contributed by atoms with Crippen LogP contribution >= 0.6 is 0 Å². The quantitative estimate of drug-likeness (QED) is 0.711. The molecule has 0 radical (unpaired) electrons. The maximum absolute atomic E-state index is 12.9. The fourth-order valence-electron chi connectivity index (χ4n) is 2.35. The van der Waals surface area contributed by atoms with E-state index in [0.717, 1.165) is 0 Å². The number of methoxy groups -OCH3 is 1. The number of carbonyl (C=O) groups excluding carboxylic acids is 3. The van der Waals surface area contributed by atoms with Crippen LogP contribution in [-0.4, -0.2) is 57.5 Å². The van der Waals surface area contributed by atoms with Gasteiger partial charge in [-0.2, -0.15) is 4.90 Å². The summed E-state index contributed by atoms with van der Waals surface area (Å²) in [6.45, 7) is 9.63. The second-order valence-corrected chi connectivity index (χ2v) is 8.24. The zero-order valence-corrected chi connectivity index (χ0v) is 17.7. The lowest BCUT2D eigenvalue weighted by atomic mass is 10.2. The first-order valence-electron chi connectivity index (χ1n) is 8.95. The minimum absolute atomic E-state index is 0.0517. The van der Waals surface area contributed by atoms with E-state index in [1.54, 1.807) is 47.6 Å². The van der Waals surface area contributed by atoms with Crippen molar-refractivity contribution in [3.8, 4) is 0 Å². The Morgan fingerprint density at radius 3 is 2.07 bits per heavy atom. The number of nitrogens with zero attached hydrogens (tertiary/aromatic N) is 4. The highest BCUT2D eigenvalue weighted by Crippen LogP contribution is 2.27. The summed E-state index contributed by atoms with van der Waals surface area (Å²) >= 11 is 0. The van der Waals surface area contributed by atoms with E-state index in [1.165, 1.54) is 24.0 Å². The molecule has 2 aromatic rings. The van der Waals surface area contributed by atoms with Crippen molar-refractivity contribution in [2.75, 3.05) is 18.6 Å². The van der Waals surface area contributed by atoms with Crippen LogP contribution in [0.4, 0.5) is 15.4 Å². The number of hydrogen-bond donors (Lipinski definition) is 0. The first kappa shape index (κ1) is 22.3. The SMILES string of the molecule is COCC(=O)c1c(N(C(=O)OC(C)(C)C)C(=O)OC(C)(C)C)nn2cccnc12. The molecule has 2 rings (SSSR count). The lowest BCUT2D eigenvalue weighted by Crippen LogP contribution is -2.44. The van der Waals surface area contributed by atoms with Crippen LogP contribution < -0.4 is 4.90 Å². The second kappa shape index (κ2) is 8.16. The molecule has 0 aliphatic heterocycles. The van der Waals surface area contributed by atoms with E-state index in [0.29, 0.717) is 4.90 Å². The van der Waals surface area contributed by atoms with Crippen LogP contribution in [0.1, 0.15) is 51.9 Å². The summed E-state index contributed by atoms with van der Waals surface area (Å²) in [6, 6.07) is 1.60. The van der Waals surface area contributed by atoms with Crippen molar-refractivity contribution >= 4 is 29.4 Å². The molecular formula is C19H26N4O6. The summed E-state index contributed by atoms with van der Waals surface area (Å²) in [5.41, 5.74) is -1.68. The van der Waals surface area contributed by atoms with Crippen LogP contribution in [0.5, 0.6) is 0 Å². The molecule has 158 valence electrons. The summed E-state index contributed by atoms with van der Waals surface area (Å²) in [4.78, 5) is 43.2.